The molecule has 0 atom stereocenters. The normalized spacial score (nSPS) is 16.6. The Bertz CT molecular complexity index is 1020. The summed E-state index contributed by atoms with van der Waals surface area (Å²) >= 11 is 0. The lowest BCUT2D eigenvalue weighted by Crippen LogP contribution is -2.39. The van der Waals surface area contributed by atoms with Gasteiger partial charge in [0.2, 0.25) is 0 Å². The molecule has 1 aliphatic heterocycles. The molecule has 1 aliphatic rings. The third kappa shape index (κ3) is 2.23. The highest BCUT2D eigenvalue weighted by molar-refractivity contribution is 7.08. The molecule has 0 amide bonds. The molecule has 1 heteroatoms. The fourth-order valence-electron chi connectivity index (χ4n) is 3.96. The Morgan fingerprint density at radius 2 is 1.54 bits per heavy atom. The van der Waals surface area contributed by atoms with Gasteiger partial charge in [0.15, 0.2) is 0 Å². The molecule has 0 spiro atoms. The Hall–Kier alpha value is -2.56. The molecule has 0 aliphatic carbocycles. The molecule has 116 valence electrons. The first-order chi connectivity index (χ1) is 11.6. The summed E-state index contributed by atoms with van der Waals surface area (Å²) in [6.45, 7) is 7.08. The Morgan fingerprint density at radius 3 is 2.29 bits per heavy atom. The van der Waals surface area contributed by atoms with Crippen molar-refractivity contribution in [2.45, 2.75) is 20.0 Å². The molecule has 4 rings (SSSR count). The van der Waals surface area contributed by atoms with Crippen LogP contribution in [0.1, 0.15) is 18.1 Å². The van der Waals surface area contributed by atoms with Crippen LogP contribution in [0.2, 0.25) is 13.1 Å². The van der Waals surface area contributed by atoms with E-state index in [9.17, 15) is 0 Å². The summed E-state index contributed by atoms with van der Waals surface area (Å²) in [5.74, 6) is 6.77. The molecule has 0 N–H and O–H groups in total. The number of rotatable bonds is 0. The maximum absolute atomic E-state index is 3.44. The number of allylic oxidation sites excluding steroid dienone is 1. The van der Waals surface area contributed by atoms with Crippen LogP contribution in [0, 0.1) is 11.8 Å². The Labute approximate surface area is 144 Å². The highest BCUT2D eigenvalue weighted by Gasteiger charge is 2.38. The van der Waals surface area contributed by atoms with E-state index >= 15 is 0 Å². The second-order valence-corrected chi connectivity index (χ2v) is 11.2. The fraction of sp³-hybridized carbons (Fsp3) is 0.130. The standard InChI is InChI=1S/C23H20Si/c1-17(15-16-18-9-5-4-6-10-18)23-20-13-7-11-19-12-8-14-21(22(19)20)24(23,2)3/h4-14H,1-3H3/b23-17+. The largest absolute Gasteiger partial charge is 0.115 e. The molecule has 0 radical (unpaired) electrons. The van der Waals surface area contributed by atoms with Gasteiger partial charge in [0.05, 0.1) is 0 Å². The van der Waals surface area contributed by atoms with Crippen molar-refractivity contribution in [3.8, 4) is 11.8 Å². The van der Waals surface area contributed by atoms with Crippen LogP contribution in [0.25, 0.3) is 16.0 Å². The van der Waals surface area contributed by atoms with Gasteiger partial charge in [0, 0.05) is 5.56 Å². The van der Waals surface area contributed by atoms with Crippen molar-refractivity contribution in [1.29, 1.82) is 0 Å². The van der Waals surface area contributed by atoms with Gasteiger partial charge in [0.25, 0.3) is 0 Å². The van der Waals surface area contributed by atoms with E-state index < -0.39 is 8.07 Å². The van der Waals surface area contributed by atoms with Crippen LogP contribution in [0.4, 0.5) is 0 Å². The van der Waals surface area contributed by atoms with Crippen LogP contribution in [0.15, 0.2) is 72.3 Å². The summed E-state index contributed by atoms with van der Waals surface area (Å²) in [5.41, 5.74) is 3.70. The topological polar surface area (TPSA) is 0 Å². The minimum absolute atomic E-state index is 1.07. The molecule has 1 heterocycles. The van der Waals surface area contributed by atoms with E-state index in [1.165, 1.54) is 27.1 Å². The molecule has 0 saturated carbocycles. The number of hydrogen-bond acceptors (Lipinski definition) is 0. The highest BCUT2D eigenvalue weighted by Crippen LogP contribution is 2.40. The number of hydrogen-bond donors (Lipinski definition) is 0. The zero-order valence-electron chi connectivity index (χ0n) is 14.4. The van der Waals surface area contributed by atoms with Crippen molar-refractivity contribution in [2.75, 3.05) is 0 Å². The maximum Gasteiger partial charge on any atom is 0.115 e. The highest BCUT2D eigenvalue weighted by atomic mass is 28.3. The molecule has 0 nitrogen and oxygen atoms in total. The maximum atomic E-state index is 3.44. The lowest BCUT2D eigenvalue weighted by atomic mass is 10.0. The average Bonchev–Trinajstić information content (AvgIpc) is 2.83. The SMILES string of the molecule is C/C(C#Cc1ccccc1)=C1/c2cccc3cccc(c23)[Si]1(C)C. The minimum atomic E-state index is -1.70. The zero-order chi connectivity index (χ0) is 16.7. The summed E-state index contributed by atoms with van der Waals surface area (Å²) in [4.78, 5) is 0. The molecule has 0 bridgehead atoms. The summed E-state index contributed by atoms with van der Waals surface area (Å²) in [5, 5.41) is 5.85. The second-order valence-electron chi connectivity index (χ2n) is 6.95. The summed E-state index contributed by atoms with van der Waals surface area (Å²) in [6, 6.07) is 23.7. The molecule has 3 aromatic rings. The Morgan fingerprint density at radius 1 is 0.833 bits per heavy atom. The Kier molecular flexibility index (Phi) is 3.44. The smallest absolute Gasteiger partial charge is 0.0665 e. The minimum Gasteiger partial charge on any atom is -0.0665 e. The van der Waals surface area contributed by atoms with Gasteiger partial charge in [-0.25, -0.2) is 0 Å². The average molecular weight is 324 g/mol. The third-order valence-corrected chi connectivity index (χ3v) is 8.67. The van der Waals surface area contributed by atoms with Crippen LogP contribution in [-0.4, -0.2) is 8.07 Å². The van der Waals surface area contributed by atoms with Gasteiger partial charge in [0.1, 0.15) is 8.07 Å². The van der Waals surface area contributed by atoms with Gasteiger partial charge in [-0.1, -0.05) is 79.5 Å². The quantitative estimate of drug-likeness (QED) is 0.397. The molecular formula is C23H20Si. The molecule has 24 heavy (non-hydrogen) atoms. The predicted molar refractivity (Wildman–Crippen MR) is 107 cm³/mol. The number of benzene rings is 3. The summed E-state index contributed by atoms with van der Waals surface area (Å²) in [7, 11) is -1.70. The van der Waals surface area contributed by atoms with E-state index in [-0.39, 0.29) is 0 Å². The third-order valence-electron chi connectivity index (χ3n) is 5.02. The van der Waals surface area contributed by atoms with Gasteiger partial charge in [-0.3, -0.25) is 0 Å². The van der Waals surface area contributed by atoms with Crippen LogP contribution >= 0.6 is 0 Å². The van der Waals surface area contributed by atoms with Crippen LogP contribution in [0.5, 0.6) is 0 Å². The van der Waals surface area contributed by atoms with Crippen molar-refractivity contribution in [3.05, 3.63) is 83.4 Å². The van der Waals surface area contributed by atoms with E-state index in [2.05, 4.69) is 80.4 Å². The van der Waals surface area contributed by atoms with Crippen molar-refractivity contribution >= 4 is 29.2 Å². The monoisotopic (exact) mass is 324 g/mol. The van der Waals surface area contributed by atoms with E-state index in [4.69, 9.17) is 0 Å². The Balaban J connectivity index is 1.94. The molecule has 0 saturated heterocycles. The lowest BCUT2D eigenvalue weighted by molar-refractivity contribution is 1.57. The van der Waals surface area contributed by atoms with Crippen LogP contribution in [-0.2, 0) is 0 Å². The second kappa shape index (κ2) is 5.51. The lowest BCUT2D eigenvalue weighted by Gasteiger charge is -2.21. The molecule has 0 aromatic heterocycles. The molecule has 3 aromatic carbocycles. The van der Waals surface area contributed by atoms with Crippen molar-refractivity contribution in [2.24, 2.45) is 0 Å². The van der Waals surface area contributed by atoms with Crippen LogP contribution in [0.3, 0.4) is 0 Å². The van der Waals surface area contributed by atoms with Crippen LogP contribution < -0.4 is 5.19 Å². The van der Waals surface area contributed by atoms with E-state index in [1.54, 1.807) is 5.19 Å². The van der Waals surface area contributed by atoms with Gasteiger partial charge < -0.3 is 0 Å². The zero-order valence-corrected chi connectivity index (χ0v) is 15.4. The fourth-order valence-corrected chi connectivity index (χ4v) is 7.53. The van der Waals surface area contributed by atoms with E-state index in [0.29, 0.717) is 0 Å². The van der Waals surface area contributed by atoms with Gasteiger partial charge in [-0.2, -0.15) is 0 Å². The van der Waals surface area contributed by atoms with Gasteiger partial charge >= 0.3 is 0 Å². The van der Waals surface area contributed by atoms with Crippen molar-refractivity contribution < 1.29 is 0 Å². The van der Waals surface area contributed by atoms with E-state index in [0.717, 1.165) is 5.56 Å². The van der Waals surface area contributed by atoms with Gasteiger partial charge in [-0.15, -0.1) is 0 Å². The molecule has 0 unspecified atom stereocenters. The summed E-state index contributed by atoms with van der Waals surface area (Å²) < 4.78 is 0. The first kappa shape index (κ1) is 15.0. The first-order valence-electron chi connectivity index (χ1n) is 8.40. The molecular weight excluding hydrogens is 304 g/mol. The van der Waals surface area contributed by atoms with Crippen molar-refractivity contribution in [3.63, 3.8) is 0 Å². The van der Waals surface area contributed by atoms with E-state index in [1.807, 2.05) is 18.2 Å². The summed E-state index contributed by atoms with van der Waals surface area (Å²) in [6.07, 6.45) is 0. The first-order valence-corrected chi connectivity index (χ1v) is 11.4. The molecule has 0 fully saturated rings. The van der Waals surface area contributed by atoms with Gasteiger partial charge in [-0.05, 0) is 51.3 Å². The predicted octanol–water partition coefficient (Wildman–Crippen LogP) is 5.13. The van der Waals surface area contributed by atoms with Crippen molar-refractivity contribution in [1.82, 2.24) is 0 Å².